The molecule has 0 bridgehead atoms. The summed E-state index contributed by atoms with van der Waals surface area (Å²) in [5.74, 6) is -0.571. The van der Waals surface area contributed by atoms with Gasteiger partial charge in [-0.25, -0.2) is 4.98 Å². The van der Waals surface area contributed by atoms with E-state index >= 15 is 0 Å². The molecule has 0 atom stereocenters. The van der Waals surface area contributed by atoms with Crippen LogP contribution in [0.3, 0.4) is 0 Å². The fourth-order valence-corrected chi connectivity index (χ4v) is 2.23. The van der Waals surface area contributed by atoms with Gasteiger partial charge in [0.25, 0.3) is 5.56 Å². The maximum Gasteiger partial charge on any atom is 0.251 e. The number of carboxylic acids is 1. The number of carboxylic acid groups (broad SMARTS) is 1. The van der Waals surface area contributed by atoms with Gasteiger partial charge in [-0.05, 0) is 19.9 Å². The van der Waals surface area contributed by atoms with Crippen LogP contribution in [0, 0.1) is 13.8 Å². The van der Waals surface area contributed by atoms with Gasteiger partial charge in [0, 0.05) is 17.8 Å². The molecule has 0 saturated carbocycles. The molecule has 0 unspecified atom stereocenters. The zero-order valence-electron chi connectivity index (χ0n) is 12.1. The van der Waals surface area contributed by atoms with Crippen LogP contribution in [0.5, 0.6) is 5.75 Å². The monoisotopic (exact) mass is 288 g/mol. The number of aromatic amines is 1. The van der Waals surface area contributed by atoms with Crippen LogP contribution < -0.4 is 20.4 Å². The second-order valence-corrected chi connectivity index (χ2v) is 4.78. The maximum atomic E-state index is 11.8. The molecule has 0 aliphatic carbocycles. The Morgan fingerprint density at radius 3 is 2.71 bits per heavy atom. The first kappa shape index (κ1) is 14.8. The van der Waals surface area contributed by atoms with Crippen LogP contribution in [0.15, 0.2) is 29.3 Å². The van der Waals surface area contributed by atoms with E-state index in [2.05, 4.69) is 4.98 Å². The predicted octanol–water partition coefficient (Wildman–Crippen LogP) is -0.300. The number of rotatable bonds is 4. The van der Waals surface area contributed by atoms with Crippen LogP contribution in [-0.2, 0) is 6.54 Å². The van der Waals surface area contributed by atoms with E-state index in [-0.39, 0.29) is 17.7 Å². The van der Waals surface area contributed by atoms with Crippen LogP contribution in [0.2, 0.25) is 0 Å². The molecule has 2 aromatic rings. The molecule has 0 aromatic carbocycles. The topological polar surface area (TPSA) is 85.5 Å². The molecular formula is C15H16N2O4. The highest BCUT2D eigenvalue weighted by Gasteiger charge is 2.15. The van der Waals surface area contributed by atoms with Gasteiger partial charge in [-0.3, -0.25) is 4.79 Å². The predicted molar refractivity (Wildman–Crippen MR) is 73.2 cm³/mol. The summed E-state index contributed by atoms with van der Waals surface area (Å²) in [6.45, 7) is 4.02. The average Bonchev–Trinajstić information content (AvgIpc) is 2.44. The van der Waals surface area contributed by atoms with Crippen molar-refractivity contribution in [2.75, 3.05) is 7.11 Å². The van der Waals surface area contributed by atoms with Gasteiger partial charge in [-0.2, -0.15) is 0 Å². The van der Waals surface area contributed by atoms with Gasteiger partial charge in [0.15, 0.2) is 6.20 Å². The van der Waals surface area contributed by atoms with Crippen molar-refractivity contribution < 1.29 is 19.6 Å². The molecule has 0 fully saturated rings. The van der Waals surface area contributed by atoms with E-state index in [1.807, 2.05) is 13.8 Å². The van der Waals surface area contributed by atoms with Gasteiger partial charge in [-0.1, -0.05) is 0 Å². The Morgan fingerprint density at radius 1 is 1.38 bits per heavy atom. The largest absolute Gasteiger partial charge is 0.545 e. The van der Waals surface area contributed by atoms with E-state index in [4.69, 9.17) is 4.74 Å². The number of aromatic nitrogens is 2. The number of aryl methyl sites for hydroxylation is 1. The standard InChI is InChI=1S/C15H16N2O4/c1-9-6-16-12(10(2)14(9)21-3)8-17-7-11(15(19)20)4-5-13(17)18/h4-7H,8H2,1-3H3,(H,19,20). The van der Waals surface area contributed by atoms with E-state index in [9.17, 15) is 14.7 Å². The molecule has 1 N–H and O–H groups in total. The highest BCUT2D eigenvalue weighted by Crippen LogP contribution is 2.22. The van der Waals surface area contributed by atoms with Crippen LogP contribution in [-0.4, -0.2) is 17.6 Å². The second kappa shape index (κ2) is 5.78. The highest BCUT2D eigenvalue weighted by atomic mass is 16.5. The molecule has 0 saturated heterocycles. The maximum absolute atomic E-state index is 11.8. The van der Waals surface area contributed by atoms with Gasteiger partial charge in [0.05, 0.1) is 24.2 Å². The summed E-state index contributed by atoms with van der Waals surface area (Å²) in [4.78, 5) is 25.8. The number of methoxy groups -OCH3 is 1. The third kappa shape index (κ3) is 2.94. The molecule has 0 radical (unpaired) electrons. The number of hydrogen-bond donors (Lipinski definition) is 0. The van der Waals surface area contributed by atoms with Crippen molar-refractivity contribution >= 4 is 5.97 Å². The number of H-pyrrole nitrogens is 1. The molecule has 6 heteroatoms. The Labute approximate surface area is 121 Å². The number of nitrogens with one attached hydrogen (secondary N) is 1. The minimum Gasteiger partial charge on any atom is -0.545 e. The van der Waals surface area contributed by atoms with E-state index in [0.717, 1.165) is 22.6 Å². The zero-order valence-corrected chi connectivity index (χ0v) is 12.1. The van der Waals surface area contributed by atoms with Crippen LogP contribution in [0.4, 0.5) is 0 Å². The molecule has 2 heterocycles. The first-order valence-corrected chi connectivity index (χ1v) is 6.40. The Bertz CT molecular complexity index is 750. The number of carbonyl (C=O) groups is 1. The number of aromatic carboxylic acids is 1. The highest BCUT2D eigenvalue weighted by molar-refractivity contribution is 5.85. The first-order valence-electron chi connectivity index (χ1n) is 6.40. The minimum absolute atomic E-state index is 0.0358. The van der Waals surface area contributed by atoms with Crippen molar-refractivity contribution in [2.45, 2.75) is 20.4 Å². The van der Waals surface area contributed by atoms with Crippen LogP contribution in [0.1, 0.15) is 27.2 Å². The molecule has 0 aliphatic rings. The number of nitrogens with zero attached hydrogens (tertiary/aromatic N) is 1. The Hall–Kier alpha value is -2.63. The van der Waals surface area contributed by atoms with E-state index in [1.54, 1.807) is 13.3 Å². The molecular weight excluding hydrogens is 272 g/mol. The summed E-state index contributed by atoms with van der Waals surface area (Å²) < 4.78 is 6.65. The third-order valence-electron chi connectivity index (χ3n) is 3.37. The summed E-state index contributed by atoms with van der Waals surface area (Å²) >= 11 is 0. The molecule has 0 amide bonds. The lowest BCUT2D eigenvalue weighted by atomic mass is 10.1. The third-order valence-corrected chi connectivity index (χ3v) is 3.37. The number of hydrogen-bond acceptors (Lipinski definition) is 4. The Morgan fingerprint density at radius 2 is 2.10 bits per heavy atom. The van der Waals surface area contributed by atoms with Gasteiger partial charge in [0.2, 0.25) is 5.69 Å². The molecule has 21 heavy (non-hydrogen) atoms. The lowest BCUT2D eigenvalue weighted by Gasteiger charge is -2.10. The van der Waals surface area contributed by atoms with Gasteiger partial charge in [-0.15, -0.1) is 0 Å². The van der Waals surface area contributed by atoms with Crippen molar-refractivity contribution in [3.05, 3.63) is 57.3 Å². The molecule has 6 nitrogen and oxygen atoms in total. The lowest BCUT2D eigenvalue weighted by molar-refractivity contribution is -0.392. The van der Waals surface area contributed by atoms with E-state index < -0.39 is 5.97 Å². The van der Waals surface area contributed by atoms with Gasteiger partial charge < -0.3 is 19.2 Å². The lowest BCUT2D eigenvalue weighted by Crippen LogP contribution is -2.28. The minimum atomic E-state index is -1.31. The number of pyridine rings is 2. The Kier molecular flexibility index (Phi) is 4.07. The van der Waals surface area contributed by atoms with Gasteiger partial charge in [0.1, 0.15) is 12.3 Å². The summed E-state index contributed by atoms with van der Waals surface area (Å²) in [6, 6.07) is 2.45. The molecule has 0 aliphatic heterocycles. The summed E-state index contributed by atoms with van der Waals surface area (Å²) in [7, 11) is 1.59. The van der Waals surface area contributed by atoms with Gasteiger partial charge >= 0.3 is 0 Å². The molecule has 110 valence electrons. The van der Waals surface area contributed by atoms with E-state index in [1.165, 1.54) is 22.9 Å². The average molecular weight is 288 g/mol. The van der Waals surface area contributed by atoms with Crippen molar-refractivity contribution in [2.24, 2.45) is 0 Å². The fraction of sp³-hybridized carbons (Fsp3) is 0.267. The van der Waals surface area contributed by atoms with Crippen LogP contribution >= 0.6 is 0 Å². The van der Waals surface area contributed by atoms with Crippen molar-refractivity contribution in [1.29, 1.82) is 0 Å². The fourth-order valence-electron chi connectivity index (χ4n) is 2.23. The summed E-state index contributed by atoms with van der Waals surface area (Å²) in [5, 5.41) is 10.9. The molecule has 2 aromatic heterocycles. The van der Waals surface area contributed by atoms with Crippen molar-refractivity contribution in [3.63, 3.8) is 0 Å². The van der Waals surface area contributed by atoms with E-state index in [0.29, 0.717) is 0 Å². The molecule has 0 spiro atoms. The van der Waals surface area contributed by atoms with Crippen molar-refractivity contribution in [1.82, 2.24) is 4.57 Å². The second-order valence-electron chi connectivity index (χ2n) is 4.78. The Balaban J connectivity index is 2.46. The molecule has 2 rings (SSSR count). The normalized spacial score (nSPS) is 10.4. The summed E-state index contributed by atoms with van der Waals surface area (Å²) in [5.41, 5.74) is 2.28. The number of carbonyl (C=O) groups excluding carboxylic acids is 1. The summed E-state index contributed by atoms with van der Waals surface area (Å²) in [6.07, 6.45) is 3.06. The quantitative estimate of drug-likeness (QED) is 0.773. The SMILES string of the molecule is COc1c(C)c[nH+]c(Cn2cc(C(=O)[O-])ccc2=O)c1C. The first-order chi connectivity index (χ1) is 9.93. The van der Waals surface area contributed by atoms with Crippen LogP contribution in [0.25, 0.3) is 0 Å². The zero-order chi connectivity index (χ0) is 15.6. The van der Waals surface area contributed by atoms with Crippen molar-refractivity contribution in [3.8, 4) is 5.75 Å². The number of ether oxygens (including phenoxy) is 1. The smallest absolute Gasteiger partial charge is 0.251 e.